The third-order valence-electron chi connectivity index (χ3n) is 5.55. The van der Waals surface area contributed by atoms with Crippen molar-refractivity contribution in [1.82, 2.24) is 15.5 Å². The van der Waals surface area contributed by atoms with E-state index < -0.39 is 23.9 Å². The zero-order chi connectivity index (χ0) is 31.9. The highest BCUT2D eigenvalue weighted by Crippen LogP contribution is 2.08. The summed E-state index contributed by atoms with van der Waals surface area (Å²) in [4.78, 5) is 59.0. The summed E-state index contributed by atoms with van der Waals surface area (Å²) in [6, 6.07) is 5.45. The number of Topliss-reactive ketones (excluding diaryl/α,β-unsaturated/α-hetero) is 1. The fourth-order valence-corrected chi connectivity index (χ4v) is 3.35. The van der Waals surface area contributed by atoms with E-state index in [1.807, 2.05) is 4.90 Å². The Hall–Kier alpha value is -3.47. The molecule has 0 bridgehead atoms. The maximum Gasteiger partial charge on any atom is 0.326 e. The summed E-state index contributed by atoms with van der Waals surface area (Å²) in [6.07, 6.45) is 0.0440. The quantitative estimate of drug-likeness (QED) is 0.0799. The molecular weight excluding hydrogens is 570 g/mol. The maximum absolute atomic E-state index is 12.5. The molecule has 15 nitrogen and oxygen atoms in total. The lowest BCUT2D eigenvalue weighted by molar-refractivity contribution is -0.140. The Morgan fingerprint density at radius 3 is 2.12 bits per heavy atom. The molecule has 0 saturated heterocycles. The lowest BCUT2D eigenvalue weighted by atomic mass is 10.1. The van der Waals surface area contributed by atoms with Gasteiger partial charge in [-0.05, 0) is 31.7 Å². The second-order valence-electron chi connectivity index (χ2n) is 9.44. The first-order valence-electron chi connectivity index (χ1n) is 13.8. The molecule has 0 saturated carbocycles. The molecule has 0 aliphatic heterocycles. The molecule has 0 fully saturated rings. The molecule has 4 N–H and O–H groups in total. The summed E-state index contributed by atoms with van der Waals surface area (Å²) >= 11 is 0. The molecule has 2 amide bonds. The number of hydrogen-bond donors (Lipinski definition) is 4. The zero-order valence-corrected chi connectivity index (χ0v) is 24.7. The van der Waals surface area contributed by atoms with E-state index in [1.165, 1.54) is 6.92 Å². The van der Waals surface area contributed by atoms with Crippen molar-refractivity contribution in [1.29, 1.82) is 0 Å². The average molecular weight is 614 g/mol. The minimum atomic E-state index is -1.20. The van der Waals surface area contributed by atoms with Crippen LogP contribution < -0.4 is 10.6 Å². The van der Waals surface area contributed by atoms with E-state index in [0.29, 0.717) is 45.0 Å². The van der Waals surface area contributed by atoms with E-state index in [0.717, 1.165) is 5.56 Å². The van der Waals surface area contributed by atoms with Gasteiger partial charge in [-0.3, -0.25) is 19.2 Å². The molecule has 1 aromatic rings. The van der Waals surface area contributed by atoms with Crippen LogP contribution in [0.5, 0.6) is 0 Å². The SMILES string of the molecule is CC(=O)COCCOCCNC(=O)COCCOCOCCC(NC(=O)c1ccc(CN(C)CCC(=O)O)cc1)C(=O)O. The number of carboxylic acid groups (broad SMARTS) is 2. The smallest absolute Gasteiger partial charge is 0.326 e. The van der Waals surface area contributed by atoms with Crippen molar-refractivity contribution in [3.63, 3.8) is 0 Å². The first-order valence-corrected chi connectivity index (χ1v) is 13.8. The molecular formula is C28H43N3O12. The van der Waals surface area contributed by atoms with Crippen molar-refractivity contribution in [3.8, 4) is 0 Å². The fourth-order valence-electron chi connectivity index (χ4n) is 3.35. The number of rotatable bonds is 26. The van der Waals surface area contributed by atoms with Crippen LogP contribution in [0.15, 0.2) is 24.3 Å². The maximum atomic E-state index is 12.5. The van der Waals surface area contributed by atoms with Gasteiger partial charge in [0.05, 0.1) is 46.1 Å². The molecule has 0 spiro atoms. The summed E-state index contributed by atoms with van der Waals surface area (Å²) in [5.41, 5.74) is 1.18. The molecule has 0 aromatic heterocycles. The molecule has 0 radical (unpaired) electrons. The van der Waals surface area contributed by atoms with Crippen LogP contribution in [0.1, 0.15) is 35.7 Å². The van der Waals surface area contributed by atoms with Crippen molar-refractivity contribution in [2.45, 2.75) is 32.4 Å². The van der Waals surface area contributed by atoms with Crippen LogP contribution >= 0.6 is 0 Å². The van der Waals surface area contributed by atoms with Crippen LogP contribution in [-0.2, 0) is 49.4 Å². The number of hydrogen-bond acceptors (Lipinski definition) is 11. The number of amides is 2. The van der Waals surface area contributed by atoms with Gasteiger partial charge in [0.2, 0.25) is 5.91 Å². The Balaban J connectivity index is 2.13. The summed E-state index contributed by atoms with van der Waals surface area (Å²) in [6.45, 7) is 3.64. The van der Waals surface area contributed by atoms with Crippen molar-refractivity contribution in [2.24, 2.45) is 0 Å². The summed E-state index contributed by atoms with van der Waals surface area (Å²) in [5, 5.41) is 23.3. The van der Waals surface area contributed by atoms with E-state index in [1.54, 1.807) is 31.3 Å². The average Bonchev–Trinajstić information content (AvgIpc) is 2.95. The second-order valence-corrected chi connectivity index (χ2v) is 9.44. The Morgan fingerprint density at radius 2 is 1.47 bits per heavy atom. The molecule has 0 heterocycles. The number of carboxylic acids is 2. The van der Waals surface area contributed by atoms with E-state index in [-0.39, 0.29) is 64.4 Å². The second kappa shape index (κ2) is 23.0. The zero-order valence-electron chi connectivity index (χ0n) is 24.7. The monoisotopic (exact) mass is 613 g/mol. The van der Waals surface area contributed by atoms with Crippen molar-refractivity contribution in [3.05, 3.63) is 35.4 Å². The van der Waals surface area contributed by atoms with Crippen molar-refractivity contribution < 1.29 is 57.9 Å². The number of nitrogens with one attached hydrogen (secondary N) is 2. The third kappa shape index (κ3) is 20.1. The Morgan fingerprint density at radius 1 is 0.837 bits per heavy atom. The lowest BCUT2D eigenvalue weighted by Crippen LogP contribution is -2.41. The Bertz CT molecular complexity index is 990. The van der Waals surface area contributed by atoms with Gasteiger partial charge >= 0.3 is 11.9 Å². The van der Waals surface area contributed by atoms with E-state index >= 15 is 0 Å². The van der Waals surface area contributed by atoms with Gasteiger partial charge < -0.3 is 49.4 Å². The first kappa shape index (κ1) is 37.6. The highest BCUT2D eigenvalue weighted by Gasteiger charge is 2.20. The number of ether oxygens (including phenoxy) is 5. The van der Waals surface area contributed by atoms with Gasteiger partial charge in [-0.2, -0.15) is 0 Å². The van der Waals surface area contributed by atoms with Gasteiger partial charge in [-0.15, -0.1) is 0 Å². The molecule has 0 aliphatic carbocycles. The minimum Gasteiger partial charge on any atom is -0.481 e. The van der Waals surface area contributed by atoms with Crippen molar-refractivity contribution in [2.75, 3.05) is 79.8 Å². The predicted molar refractivity (Wildman–Crippen MR) is 151 cm³/mol. The van der Waals surface area contributed by atoms with Crippen LogP contribution in [0.25, 0.3) is 0 Å². The highest BCUT2D eigenvalue weighted by molar-refractivity contribution is 5.96. The van der Waals surface area contributed by atoms with Gasteiger partial charge in [-0.25, -0.2) is 4.79 Å². The molecule has 1 rings (SSSR count). The van der Waals surface area contributed by atoms with Gasteiger partial charge in [0, 0.05) is 31.6 Å². The summed E-state index contributed by atoms with van der Waals surface area (Å²) in [5.74, 6) is -2.99. The van der Waals surface area contributed by atoms with Crippen molar-refractivity contribution >= 4 is 29.5 Å². The van der Waals surface area contributed by atoms with Gasteiger partial charge in [0.1, 0.15) is 26.0 Å². The van der Waals surface area contributed by atoms with Crippen LogP contribution in [0.3, 0.4) is 0 Å². The molecule has 1 atom stereocenters. The van der Waals surface area contributed by atoms with E-state index in [2.05, 4.69) is 10.6 Å². The van der Waals surface area contributed by atoms with Crippen LogP contribution in [0.2, 0.25) is 0 Å². The Labute approximate surface area is 250 Å². The van der Waals surface area contributed by atoms with E-state index in [9.17, 15) is 29.1 Å². The fraction of sp³-hybridized carbons (Fsp3) is 0.607. The van der Waals surface area contributed by atoms with Crippen LogP contribution in [0.4, 0.5) is 0 Å². The molecule has 1 unspecified atom stereocenters. The molecule has 43 heavy (non-hydrogen) atoms. The third-order valence-corrected chi connectivity index (χ3v) is 5.55. The number of ketones is 1. The number of aliphatic carboxylic acids is 2. The highest BCUT2D eigenvalue weighted by atomic mass is 16.7. The number of carbonyl (C=O) groups is 5. The molecule has 15 heteroatoms. The number of nitrogens with zero attached hydrogens (tertiary/aromatic N) is 1. The molecule has 1 aromatic carbocycles. The molecule has 242 valence electrons. The van der Waals surface area contributed by atoms with Gasteiger partial charge in [0.25, 0.3) is 5.91 Å². The normalized spacial score (nSPS) is 11.7. The van der Waals surface area contributed by atoms with Gasteiger partial charge in [-0.1, -0.05) is 12.1 Å². The molecule has 0 aliphatic rings. The Kier molecular flexibility index (Phi) is 20.1. The topological polar surface area (TPSA) is 199 Å². The van der Waals surface area contributed by atoms with Gasteiger partial charge in [0.15, 0.2) is 5.78 Å². The van der Waals surface area contributed by atoms with E-state index in [4.69, 9.17) is 28.8 Å². The number of carbonyl (C=O) groups excluding carboxylic acids is 3. The number of benzene rings is 1. The predicted octanol–water partition coefficient (Wildman–Crippen LogP) is -0.0881. The lowest BCUT2D eigenvalue weighted by Gasteiger charge is -2.16. The van der Waals surface area contributed by atoms with Crippen LogP contribution in [-0.4, -0.2) is 130 Å². The van der Waals surface area contributed by atoms with Crippen LogP contribution in [0, 0.1) is 0 Å². The largest absolute Gasteiger partial charge is 0.481 e. The minimum absolute atomic E-state index is 0.0166. The first-order chi connectivity index (χ1) is 20.6. The standard InChI is InChI=1S/C28H43N3O12/c1-21(32)18-40-14-13-39-12-9-29-25(33)19-41-15-16-43-20-42-11-8-24(28(37)38)30-27(36)23-5-3-22(4-6-23)17-31(2)10-7-26(34)35/h3-6,24H,7-20H2,1-2H3,(H,29,33)(H,30,36)(H,34,35)(H,37,38). The summed E-state index contributed by atoms with van der Waals surface area (Å²) in [7, 11) is 1.80. The summed E-state index contributed by atoms with van der Waals surface area (Å²) < 4.78 is 26.0.